The van der Waals surface area contributed by atoms with E-state index in [4.69, 9.17) is 19.2 Å². The quantitative estimate of drug-likeness (QED) is 0.290. The summed E-state index contributed by atoms with van der Waals surface area (Å²) in [6, 6.07) is 6.11. The van der Waals surface area contributed by atoms with Gasteiger partial charge in [0, 0.05) is 39.9 Å². The molecule has 0 aromatic heterocycles. The fraction of sp³-hybridized carbons (Fsp3) is 0.696. The number of nitrogens with zero attached hydrogens (tertiary/aromatic N) is 2. The third-order valence-electron chi connectivity index (χ3n) is 5.26. The van der Waals surface area contributed by atoms with Crippen LogP contribution in [0.4, 0.5) is 0 Å². The van der Waals surface area contributed by atoms with Crippen molar-refractivity contribution in [1.82, 2.24) is 15.5 Å². The summed E-state index contributed by atoms with van der Waals surface area (Å²) in [5.41, 5.74) is 1.10. The molecule has 30 heavy (non-hydrogen) atoms. The Hall–Kier alpha value is -1.99. The van der Waals surface area contributed by atoms with Crippen molar-refractivity contribution in [3.8, 4) is 11.5 Å². The molecular formula is C23H40N4O3. The minimum absolute atomic E-state index is 0.319. The summed E-state index contributed by atoms with van der Waals surface area (Å²) in [7, 11) is 5.56. The van der Waals surface area contributed by atoms with E-state index in [1.54, 1.807) is 14.2 Å². The van der Waals surface area contributed by atoms with Gasteiger partial charge in [-0.15, -0.1) is 0 Å². The van der Waals surface area contributed by atoms with E-state index in [-0.39, 0.29) is 0 Å². The van der Waals surface area contributed by atoms with Gasteiger partial charge in [0.2, 0.25) is 0 Å². The molecule has 0 unspecified atom stereocenters. The topological polar surface area (TPSA) is 67.4 Å². The van der Waals surface area contributed by atoms with Gasteiger partial charge in [-0.2, -0.15) is 0 Å². The minimum Gasteiger partial charge on any atom is -0.493 e. The predicted octanol–water partition coefficient (Wildman–Crippen LogP) is 3.04. The van der Waals surface area contributed by atoms with E-state index in [1.807, 2.05) is 12.1 Å². The second kappa shape index (κ2) is 14.1. The zero-order valence-electron chi connectivity index (χ0n) is 19.2. The Morgan fingerprint density at radius 3 is 2.63 bits per heavy atom. The number of nitrogens with one attached hydrogen (secondary N) is 2. The molecule has 1 aromatic rings. The highest BCUT2D eigenvalue weighted by Gasteiger charge is 2.18. The van der Waals surface area contributed by atoms with Crippen molar-refractivity contribution >= 4 is 5.96 Å². The lowest BCUT2D eigenvalue weighted by Gasteiger charge is -2.18. The molecule has 7 nitrogen and oxygen atoms in total. The summed E-state index contributed by atoms with van der Waals surface area (Å²) >= 11 is 0. The number of hydrogen-bond donors (Lipinski definition) is 2. The maximum Gasteiger partial charge on any atom is 0.191 e. The molecule has 170 valence electrons. The molecule has 0 radical (unpaired) electrons. The number of rotatable bonds is 13. The first-order valence-electron chi connectivity index (χ1n) is 11.2. The van der Waals surface area contributed by atoms with Crippen molar-refractivity contribution in [2.75, 3.05) is 54.1 Å². The van der Waals surface area contributed by atoms with Crippen LogP contribution >= 0.6 is 0 Å². The number of guanidine groups is 1. The van der Waals surface area contributed by atoms with Gasteiger partial charge in [-0.3, -0.25) is 0 Å². The highest BCUT2D eigenvalue weighted by atomic mass is 16.5. The normalized spacial score (nSPS) is 14.9. The Bertz CT molecular complexity index is 633. The molecule has 0 spiro atoms. The van der Waals surface area contributed by atoms with E-state index >= 15 is 0 Å². The molecule has 1 saturated carbocycles. The number of benzene rings is 1. The van der Waals surface area contributed by atoms with Crippen LogP contribution in [0, 0.1) is 0 Å². The second-order valence-corrected chi connectivity index (χ2v) is 7.78. The van der Waals surface area contributed by atoms with Crippen molar-refractivity contribution in [3.05, 3.63) is 23.8 Å². The number of methoxy groups -OCH3 is 2. The summed E-state index contributed by atoms with van der Waals surface area (Å²) in [5, 5.41) is 6.72. The van der Waals surface area contributed by atoms with Crippen molar-refractivity contribution in [2.24, 2.45) is 4.99 Å². The highest BCUT2D eigenvalue weighted by molar-refractivity contribution is 5.79. The van der Waals surface area contributed by atoms with Crippen molar-refractivity contribution < 1.29 is 14.2 Å². The van der Waals surface area contributed by atoms with Crippen LogP contribution in [0.2, 0.25) is 0 Å². The zero-order chi connectivity index (χ0) is 21.6. The summed E-state index contributed by atoms with van der Waals surface area (Å²) in [5.74, 6) is 2.44. The van der Waals surface area contributed by atoms with Crippen molar-refractivity contribution in [1.29, 1.82) is 0 Å². The standard InChI is InChI=1S/C23H40N4O3/c1-5-24-23(25-13-15-27(2)14-8-16-28-3)26-18-19-11-12-21(22(17-19)29-4)30-20-9-6-7-10-20/h11-12,17,20H,5-10,13-16,18H2,1-4H3,(H2,24,25,26). The highest BCUT2D eigenvalue weighted by Crippen LogP contribution is 2.32. The Kier molecular flexibility index (Phi) is 11.4. The van der Waals surface area contributed by atoms with E-state index < -0.39 is 0 Å². The molecule has 1 fully saturated rings. The van der Waals surface area contributed by atoms with E-state index in [1.165, 1.54) is 12.8 Å². The summed E-state index contributed by atoms with van der Waals surface area (Å²) < 4.78 is 16.8. The third-order valence-corrected chi connectivity index (χ3v) is 5.26. The predicted molar refractivity (Wildman–Crippen MR) is 123 cm³/mol. The monoisotopic (exact) mass is 420 g/mol. The Morgan fingerprint density at radius 2 is 1.93 bits per heavy atom. The van der Waals surface area contributed by atoms with Gasteiger partial charge in [-0.25, -0.2) is 4.99 Å². The molecule has 2 rings (SSSR count). The molecule has 0 atom stereocenters. The molecule has 0 saturated heterocycles. The Morgan fingerprint density at radius 1 is 1.13 bits per heavy atom. The lowest BCUT2D eigenvalue weighted by molar-refractivity contribution is 0.180. The van der Waals surface area contributed by atoms with E-state index in [0.29, 0.717) is 12.6 Å². The molecule has 7 heteroatoms. The number of aliphatic imine (C=N–C) groups is 1. The van der Waals surface area contributed by atoms with Crippen LogP contribution in [0.1, 0.15) is 44.6 Å². The second-order valence-electron chi connectivity index (χ2n) is 7.78. The van der Waals surface area contributed by atoms with Gasteiger partial charge in [0.15, 0.2) is 17.5 Å². The first-order chi connectivity index (χ1) is 14.7. The van der Waals surface area contributed by atoms with Gasteiger partial charge in [0.1, 0.15) is 0 Å². The lowest BCUT2D eigenvalue weighted by Crippen LogP contribution is -2.41. The van der Waals surface area contributed by atoms with Gasteiger partial charge in [-0.05, 0) is 63.8 Å². The number of ether oxygens (including phenoxy) is 3. The summed E-state index contributed by atoms with van der Waals surface area (Å²) in [4.78, 5) is 7.02. The summed E-state index contributed by atoms with van der Waals surface area (Å²) in [6.07, 6.45) is 6.14. The van der Waals surface area contributed by atoms with Crippen LogP contribution in [-0.4, -0.2) is 71.0 Å². The minimum atomic E-state index is 0.319. The molecule has 0 amide bonds. The molecule has 0 bridgehead atoms. The molecule has 1 aliphatic carbocycles. The Balaban J connectivity index is 1.86. The van der Waals surface area contributed by atoms with Crippen LogP contribution < -0.4 is 20.1 Å². The van der Waals surface area contributed by atoms with Crippen LogP contribution in [0.15, 0.2) is 23.2 Å². The fourth-order valence-corrected chi connectivity index (χ4v) is 3.56. The zero-order valence-corrected chi connectivity index (χ0v) is 19.2. The number of likely N-dealkylation sites (N-methyl/N-ethyl adjacent to an activating group) is 1. The van der Waals surface area contributed by atoms with Crippen LogP contribution in [0.25, 0.3) is 0 Å². The molecule has 0 heterocycles. The maximum absolute atomic E-state index is 6.13. The summed E-state index contributed by atoms with van der Waals surface area (Å²) in [6.45, 7) is 7.11. The first-order valence-corrected chi connectivity index (χ1v) is 11.2. The van der Waals surface area contributed by atoms with Gasteiger partial charge >= 0.3 is 0 Å². The fourth-order valence-electron chi connectivity index (χ4n) is 3.56. The van der Waals surface area contributed by atoms with Crippen LogP contribution in [0.3, 0.4) is 0 Å². The maximum atomic E-state index is 6.13. The first kappa shape index (κ1) is 24.3. The van der Waals surface area contributed by atoms with Crippen molar-refractivity contribution in [2.45, 2.75) is 51.7 Å². The average molecular weight is 421 g/mol. The molecule has 1 aromatic carbocycles. The average Bonchev–Trinajstić information content (AvgIpc) is 3.26. The van der Waals surface area contributed by atoms with E-state index in [9.17, 15) is 0 Å². The van der Waals surface area contributed by atoms with Crippen LogP contribution in [-0.2, 0) is 11.3 Å². The molecule has 1 aliphatic rings. The molecule has 0 aliphatic heterocycles. The third kappa shape index (κ3) is 8.79. The largest absolute Gasteiger partial charge is 0.493 e. The van der Waals surface area contributed by atoms with Crippen molar-refractivity contribution in [3.63, 3.8) is 0 Å². The lowest BCUT2D eigenvalue weighted by atomic mass is 10.2. The smallest absolute Gasteiger partial charge is 0.191 e. The van der Waals surface area contributed by atoms with E-state index in [0.717, 1.165) is 75.1 Å². The van der Waals surface area contributed by atoms with Gasteiger partial charge in [-0.1, -0.05) is 6.07 Å². The van der Waals surface area contributed by atoms with E-state index in [2.05, 4.69) is 35.6 Å². The number of hydrogen-bond acceptors (Lipinski definition) is 5. The molecule has 2 N–H and O–H groups in total. The van der Waals surface area contributed by atoms with Gasteiger partial charge < -0.3 is 29.7 Å². The Labute approximate surface area is 182 Å². The van der Waals surface area contributed by atoms with Crippen LogP contribution in [0.5, 0.6) is 11.5 Å². The van der Waals surface area contributed by atoms with Gasteiger partial charge in [0.05, 0.1) is 19.8 Å². The molecular weight excluding hydrogens is 380 g/mol. The van der Waals surface area contributed by atoms with Gasteiger partial charge in [0.25, 0.3) is 0 Å². The SMILES string of the molecule is CCNC(=NCc1ccc(OC2CCCC2)c(OC)c1)NCCN(C)CCCOC.